The van der Waals surface area contributed by atoms with E-state index < -0.39 is 0 Å². The molecule has 0 saturated heterocycles. The Kier molecular flexibility index (Phi) is 7.29. The van der Waals surface area contributed by atoms with E-state index in [1.54, 1.807) is 62.5 Å². The van der Waals surface area contributed by atoms with Crippen molar-refractivity contribution in [3.05, 3.63) is 105 Å². The number of ether oxygens (including phenoxy) is 3. The van der Waals surface area contributed by atoms with Crippen molar-refractivity contribution in [2.75, 3.05) is 14.2 Å². The summed E-state index contributed by atoms with van der Waals surface area (Å²) < 4.78 is 30.3. The van der Waals surface area contributed by atoms with Crippen molar-refractivity contribution < 1.29 is 23.4 Å². The van der Waals surface area contributed by atoms with Gasteiger partial charge in [0.2, 0.25) is 0 Å². The molecule has 0 amide bonds. The van der Waals surface area contributed by atoms with E-state index in [4.69, 9.17) is 14.2 Å². The summed E-state index contributed by atoms with van der Waals surface area (Å²) in [6.45, 7) is 3.48. The first-order valence-corrected chi connectivity index (χ1v) is 12.5. The first-order valence-electron chi connectivity index (χ1n) is 12.5. The number of hydrogen-bond donors (Lipinski definition) is 1. The van der Waals surface area contributed by atoms with Crippen molar-refractivity contribution in [2.24, 2.45) is 0 Å². The number of aromatic nitrogens is 3. The zero-order valence-corrected chi connectivity index (χ0v) is 22.4. The van der Waals surface area contributed by atoms with Gasteiger partial charge in [-0.25, -0.2) is 9.37 Å². The zero-order valence-electron chi connectivity index (χ0n) is 22.4. The zero-order chi connectivity index (χ0) is 28.4. The van der Waals surface area contributed by atoms with Gasteiger partial charge in [0.05, 0.1) is 25.3 Å². The first-order chi connectivity index (χ1) is 19.3. The van der Waals surface area contributed by atoms with E-state index in [0.717, 1.165) is 0 Å². The number of pyridine rings is 3. The van der Waals surface area contributed by atoms with Crippen LogP contribution in [0.2, 0.25) is 0 Å². The third-order valence-corrected chi connectivity index (χ3v) is 6.57. The largest absolute Gasteiger partial charge is 0.491 e. The molecule has 0 radical (unpaired) electrons. The molecule has 0 aliphatic heterocycles. The average Bonchev–Trinajstić information content (AvgIpc) is 2.94. The number of aromatic amines is 1. The number of methoxy groups -OCH3 is 2. The highest BCUT2D eigenvalue weighted by molar-refractivity contribution is 5.98. The van der Waals surface area contributed by atoms with Crippen molar-refractivity contribution in [3.63, 3.8) is 0 Å². The molecule has 0 fully saturated rings. The van der Waals surface area contributed by atoms with E-state index in [-0.39, 0.29) is 29.0 Å². The Labute approximate surface area is 229 Å². The molecule has 0 atom stereocenters. The minimum Gasteiger partial charge on any atom is -0.491 e. The molecular weight excluding hydrogens is 513 g/mol. The number of nitrogens with one attached hydrogen (secondary N) is 1. The van der Waals surface area contributed by atoms with Crippen molar-refractivity contribution in [3.8, 4) is 34.3 Å². The van der Waals surface area contributed by atoms with E-state index in [2.05, 4.69) is 15.0 Å². The van der Waals surface area contributed by atoms with E-state index in [9.17, 15) is 14.0 Å². The second kappa shape index (κ2) is 11.0. The first kappa shape index (κ1) is 26.6. The summed E-state index contributed by atoms with van der Waals surface area (Å²) in [7, 11) is 3.03. The van der Waals surface area contributed by atoms with Gasteiger partial charge in [-0.15, -0.1) is 0 Å². The lowest BCUT2D eigenvalue weighted by molar-refractivity contribution is 0.0991. The molecule has 0 unspecified atom stereocenters. The summed E-state index contributed by atoms with van der Waals surface area (Å²) in [4.78, 5) is 38.3. The number of carbonyl (C=O) groups excluding carboxylic acids is 1. The van der Waals surface area contributed by atoms with Gasteiger partial charge in [0.15, 0.2) is 22.7 Å². The molecule has 40 heavy (non-hydrogen) atoms. The van der Waals surface area contributed by atoms with E-state index in [0.29, 0.717) is 62.1 Å². The highest BCUT2D eigenvalue weighted by Crippen LogP contribution is 2.34. The monoisotopic (exact) mass is 539 g/mol. The smallest absolute Gasteiger partial charge is 0.257 e. The number of benzene rings is 2. The van der Waals surface area contributed by atoms with Crippen LogP contribution < -0.4 is 19.6 Å². The standard InChI is InChI=1S/C31H26FN3O5/c1-17-13-20(32)7-10-22(17)28-18(2)34-16-23(30(28)37)25(36)14-19-5-8-21(9-6-19)40-26-11-12-33-24-15-27(38-3)31(39-4)35-29(24)26/h5-13,15-16H,14H2,1-4H3,(H,34,37). The maximum atomic E-state index is 13.6. The van der Waals surface area contributed by atoms with Gasteiger partial charge in [-0.1, -0.05) is 18.2 Å². The molecule has 202 valence electrons. The number of rotatable bonds is 8. The van der Waals surface area contributed by atoms with Crippen LogP contribution in [0.3, 0.4) is 0 Å². The number of hydrogen-bond acceptors (Lipinski definition) is 7. The average molecular weight is 540 g/mol. The molecule has 3 aromatic heterocycles. The quantitative estimate of drug-likeness (QED) is 0.242. The van der Waals surface area contributed by atoms with Gasteiger partial charge in [0.25, 0.3) is 5.88 Å². The summed E-state index contributed by atoms with van der Waals surface area (Å²) in [5.74, 6) is 1.06. The Balaban J connectivity index is 1.37. The van der Waals surface area contributed by atoms with Crippen molar-refractivity contribution >= 4 is 16.8 Å². The van der Waals surface area contributed by atoms with Crippen LogP contribution in [0, 0.1) is 19.7 Å². The molecule has 9 heteroatoms. The van der Waals surface area contributed by atoms with E-state index >= 15 is 0 Å². The molecule has 3 heterocycles. The summed E-state index contributed by atoms with van der Waals surface area (Å²) in [6.07, 6.45) is 3.06. The van der Waals surface area contributed by atoms with Crippen molar-refractivity contribution in [1.82, 2.24) is 15.0 Å². The number of aryl methyl sites for hydroxylation is 2. The topological polar surface area (TPSA) is 103 Å². The van der Waals surface area contributed by atoms with Crippen LogP contribution >= 0.6 is 0 Å². The fourth-order valence-corrected chi connectivity index (χ4v) is 4.53. The van der Waals surface area contributed by atoms with Crippen molar-refractivity contribution in [1.29, 1.82) is 0 Å². The summed E-state index contributed by atoms with van der Waals surface area (Å²) >= 11 is 0. The number of H-pyrrole nitrogens is 1. The number of fused-ring (bicyclic) bond motifs is 1. The van der Waals surface area contributed by atoms with Gasteiger partial charge in [0.1, 0.15) is 17.1 Å². The normalized spacial score (nSPS) is 10.9. The van der Waals surface area contributed by atoms with Gasteiger partial charge in [-0.2, -0.15) is 0 Å². The molecule has 0 aliphatic carbocycles. The van der Waals surface area contributed by atoms with E-state index in [1.807, 2.05) is 0 Å². The Morgan fingerprint density at radius 3 is 2.45 bits per heavy atom. The molecule has 0 saturated carbocycles. The van der Waals surface area contributed by atoms with Crippen LogP contribution in [0.5, 0.6) is 23.1 Å². The van der Waals surface area contributed by atoms with Crippen LogP contribution in [0.25, 0.3) is 22.2 Å². The molecular formula is C31H26FN3O5. The lowest BCUT2D eigenvalue weighted by atomic mass is 9.95. The Bertz CT molecular complexity index is 1800. The molecule has 1 N–H and O–H groups in total. The molecule has 5 rings (SSSR count). The minimum absolute atomic E-state index is 0.0188. The van der Waals surface area contributed by atoms with Crippen LogP contribution in [-0.4, -0.2) is 35.0 Å². The Morgan fingerprint density at radius 1 is 0.975 bits per heavy atom. The van der Waals surface area contributed by atoms with Crippen molar-refractivity contribution in [2.45, 2.75) is 20.3 Å². The molecule has 5 aromatic rings. The third-order valence-electron chi connectivity index (χ3n) is 6.57. The predicted octanol–water partition coefficient (Wildman–Crippen LogP) is 5.98. The Morgan fingerprint density at radius 2 is 1.75 bits per heavy atom. The fourth-order valence-electron chi connectivity index (χ4n) is 4.53. The lowest BCUT2D eigenvalue weighted by Gasteiger charge is -2.12. The fraction of sp³-hybridized carbons (Fsp3) is 0.161. The molecule has 8 nitrogen and oxygen atoms in total. The van der Waals surface area contributed by atoms with Crippen LogP contribution in [-0.2, 0) is 6.42 Å². The van der Waals surface area contributed by atoms with Gasteiger partial charge in [0, 0.05) is 42.2 Å². The molecule has 0 aliphatic rings. The summed E-state index contributed by atoms with van der Waals surface area (Å²) in [6, 6.07) is 14.7. The third kappa shape index (κ3) is 5.13. The molecule has 0 spiro atoms. The number of carbonyl (C=O) groups is 1. The number of halogens is 1. The highest BCUT2D eigenvalue weighted by Gasteiger charge is 2.19. The molecule has 0 bridgehead atoms. The number of ketones is 1. The summed E-state index contributed by atoms with van der Waals surface area (Å²) in [5.41, 5.74) is 3.62. The van der Waals surface area contributed by atoms with Crippen LogP contribution in [0.4, 0.5) is 4.39 Å². The predicted molar refractivity (Wildman–Crippen MR) is 149 cm³/mol. The van der Waals surface area contributed by atoms with Gasteiger partial charge in [-0.05, 0) is 54.8 Å². The highest BCUT2D eigenvalue weighted by atomic mass is 19.1. The SMILES string of the molecule is COc1cc2nccc(Oc3ccc(CC(=O)c4c[nH]c(C)c(-c5ccc(F)cc5C)c4=O)cc3)c2nc1OC. The van der Waals surface area contributed by atoms with Gasteiger partial charge >= 0.3 is 0 Å². The van der Waals surface area contributed by atoms with Crippen LogP contribution in [0.15, 0.2) is 71.8 Å². The molecule has 2 aromatic carbocycles. The Hall–Kier alpha value is -5.05. The van der Waals surface area contributed by atoms with E-state index in [1.165, 1.54) is 32.5 Å². The second-order valence-electron chi connectivity index (χ2n) is 9.21. The maximum Gasteiger partial charge on any atom is 0.257 e. The second-order valence-corrected chi connectivity index (χ2v) is 9.21. The summed E-state index contributed by atoms with van der Waals surface area (Å²) in [5, 5.41) is 0. The number of nitrogens with zero attached hydrogens (tertiary/aromatic N) is 2. The number of Topliss-reactive ketones (excluding diaryl/α,β-unsaturated/α-hetero) is 1. The maximum absolute atomic E-state index is 13.6. The lowest BCUT2D eigenvalue weighted by Crippen LogP contribution is -2.20. The van der Waals surface area contributed by atoms with Crippen LogP contribution in [0.1, 0.15) is 27.2 Å². The van der Waals surface area contributed by atoms with Gasteiger partial charge in [-0.3, -0.25) is 14.6 Å². The minimum atomic E-state index is -0.389. The van der Waals surface area contributed by atoms with Gasteiger partial charge < -0.3 is 19.2 Å².